The van der Waals surface area contributed by atoms with E-state index < -0.39 is 6.10 Å². The molecule has 0 unspecified atom stereocenters. The summed E-state index contributed by atoms with van der Waals surface area (Å²) in [6.07, 6.45) is 3.86. The predicted octanol–water partition coefficient (Wildman–Crippen LogP) is 2.50. The molecule has 3 aromatic rings. The molecule has 5 rings (SSSR count). The van der Waals surface area contributed by atoms with Crippen LogP contribution in [0, 0.1) is 0 Å². The largest absolute Gasteiger partial charge is 0.484 e. The fraction of sp³-hybridized carbons (Fsp3) is 0.500. The van der Waals surface area contributed by atoms with Gasteiger partial charge >= 0.3 is 0 Å². The number of rotatable bonds is 13. The van der Waals surface area contributed by atoms with Gasteiger partial charge in [0.05, 0.1) is 36.6 Å². The Kier molecular flexibility index (Phi) is 9.55. The summed E-state index contributed by atoms with van der Waals surface area (Å²) < 4.78 is 16.3. The Morgan fingerprint density at radius 2 is 2.20 bits per heavy atom. The molecule has 1 atom stereocenters. The summed E-state index contributed by atoms with van der Waals surface area (Å²) in [4.78, 5) is 30.0. The minimum absolute atomic E-state index is 0.0979. The average molecular weight is 586 g/mol. The third kappa shape index (κ3) is 7.45. The lowest BCUT2D eigenvalue weighted by Gasteiger charge is -2.31. The van der Waals surface area contributed by atoms with Crippen molar-refractivity contribution in [1.29, 1.82) is 0 Å². The van der Waals surface area contributed by atoms with Crippen LogP contribution in [0.15, 0.2) is 35.2 Å². The standard InChI is InChI=1S/C28H36ClN7O5/c1-3-7-35(2)28-33-23(9-25(34-28)32-19-14-39-15-19)27(38)31-10-20(37)13-36-8-6-22-18(12-36)4-5-24(26(22)29)40-16-21-11-30-17-41-21/h4-5,9,11,17,19-20,37H,3,6-8,10,12-16H2,1-2H3,(H,31,38)(H,32,33,34)/t20-/m0/s1. The number of halogens is 1. The quantitative estimate of drug-likeness (QED) is 0.273. The minimum atomic E-state index is -0.755. The monoisotopic (exact) mass is 585 g/mol. The molecular weight excluding hydrogens is 550 g/mol. The van der Waals surface area contributed by atoms with Crippen LogP contribution in [0.3, 0.4) is 0 Å². The lowest BCUT2D eigenvalue weighted by atomic mass is 9.99. The van der Waals surface area contributed by atoms with Gasteiger partial charge in [0.1, 0.15) is 23.9 Å². The first-order valence-electron chi connectivity index (χ1n) is 13.8. The Balaban J connectivity index is 1.14. The molecule has 1 fully saturated rings. The molecule has 1 saturated heterocycles. The van der Waals surface area contributed by atoms with Crippen LogP contribution in [-0.4, -0.2) is 89.5 Å². The van der Waals surface area contributed by atoms with Crippen molar-refractivity contribution >= 4 is 29.3 Å². The summed E-state index contributed by atoms with van der Waals surface area (Å²) in [5, 5.41) is 17.5. The second kappa shape index (κ2) is 13.5. The number of hydrogen-bond acceptors (Lipinski definition) is 11. The third-order valence-electron chi connectivity index (χ3n) is 7.03. The molecule has 0 bridgehead atoms. The fourth-order valence-corrected chi connectivity index (χ4v) is 5.13. The van der Waals surface area contributed by atoms with Crippen molar-refractivity contribution < 1.29 is 23.8 Å². The van der Waals surface area contributed by atoms with Gasteiger partial charge in [0.2, 0.25) is 5.95 Å². The van der Waals surface area contributed by atoms with Gasteiger partial charge in [-0.1, -0.05) is 24.6 Å². The van der Waals surface area contributed by atoms with Crippen molar-refractivity contribution in [2.45, 2.75) is 45.1 Å². The SMILES string of the molecule is CCCN(C)c1nc(NC2COC2)cc(C(=O)NC[C@H](O)CN2CCc3c(ccc(OCc4cnco4)c3Cl)C2)n1. The zero-order valence-corrected chi connectivity index (χ0v) is 24.1. The molecule has 3 N–H and O–H groups in total. The van der Waals surface area contributed by atoms with E-state index in [1.54, 1.807) is 12.3 Å². The van der Waals surface area contributed by atoms with Gasteiger partial charge in [-0.25, -0.2) is 9.97 Å². The smallest absolute Gasteiger partial charge is 0.270 e. The number of carbonyl (C=O) groups excluding carboxylic acids is 1. The highest BCUT2D eigenvalue weighted by molar-refractivity contribution is 6.33. The number of hydrogen-bond donors (Lipinski definition) is 3. The molecule has 1 aromatic carbocycles. The third-order valence-corrected chi connectivity index (χ3v) is 7.45. The van der Waals surface area contributed by atoms with E-state index in [4.69, 9.17) is 25.5 Å². The summed E-state index contributed by atoms with van der Waals surface area (Å²) in [6, 6.07) is 5.65. The van der Waals surface area contributed by atoms with E-state index in [-0.39, 0.29) is 30.8 Å². The molecule has 41 heavy (non-hydrogen) atoms. The average Bonchev–Trinajstić information content (AvgIpc) is 3.47. The number of nitrogens with zero attached hydrogens (tertiary/aromatic N) is 5. The predicted molar refractivity (Wildman–Crippen MR) is 153 cm³/mol. The van der Waals surface area contributed by atoms with Gasteiger partial charge in [-0.05, 0) is 30.0 Å². The fourth-order valence-electron chi connectivity index (χ4n) is 4.80. The Labute approximate surface area is 244 Å². The molecule has 2 aliphatic heterocycles. The van der Waals surface area contributed by atoms with Crippen molar-refractivity contribution in [2.75, 3.05) is 56.7 Å². The second-order valence-corrected chi connectivity index (χ2v) is 10.7. The Hall–Kier alpha value is -3.45. The van der Waals surface area contributed by atoms with Gasteiger partial charge in [-0.2, -0.15) is 4.98 Å². The zero-order valence-electron chi connectivity index (χ0n) is 23.3. The van der Waals surface area contributed by atoms with E-state index >= 15 is 0 Å². The highest BCUT2D eigenvalue weighted by atomic mass is 35.5. The van der Waals surface area contributed by atoms with Crippen molar-refractivity contribution in [2.24, 2.45) is 0 Å². The summed E-state index contributed by atoms with van der Waals surface area (Å²) in [6.45, 7) is 6.16. The molecule has 13 heteroatoms. The molecule has 2 aromatic heterocycles. The Bertz CT molecular complexity index is 1320. The number of aliphatic hydroxyl groups is 1. The van der Waals surface area contributed by atoms with Gasteiger partial charge in [0, 0.05) is 45.8 Å². The number of aromatic nitrogens is 3. The number of aliphatic hydroxyl groups excluding tert-OH is 1. The zero-order chi connectivity index (χ0) is 28.8. The normalized spacial score (nSPS) is 16.0. The van der Waals surface area contributed by atoms with Crippen molar-refractivity contribution in [3.05, 3.63) is 58.4 Å². The van der Waals surface area contributed by atoms with Gasteiger partial charge in [0.15, 0.2) is 12.2 Å². The van der Waals surface area contributed by atoms with Gasteiger partial charge < -0.3 is 34.5 Å². The maximum absolute atomic E-state index is 13.0. The maximum atomic E-state index is 13.0. The summed E-state index contributed by atoms with van der Waals surface area (Å²) >= 11 is 6.65. The molecule has 12 nitrogen and oxygen atoms in total. The maximum Gasteiger partial charge on any atom is 0.270 e. The number of fused-ring (bicyclic) bond motifs is 1. The molecule has 220 valence electrons. The highest BCUT2D eigenvalue weighted by Crippen LogP contribution is 2.34. The molecule has 0 spiro atoms. The number of carbonyl (C=O) groups is 1. The Morgan fingerprint density at radius 3 is 2.93 bits per heavy atom. The lowest BCUT2D eigenvalue weighted by molar-refractivity contribution is 0.0209. The summed E-state index contributed by atoms with van der Waals surface area (Å²) in [7, 11) is 1.90. The minimum Gasteiger partial charge on any atom is -0.484 e. The second-order valence-electron chi connectivity index (χ2n) is 10.4. The van der Waals surface area contributed by atoms with E-state index in [9.17, 15) is 9.90 Å². The Morgan fingerprint density at radius 1 is 1.34 bits per heavy atom. The first-order valence-corrected chi connectivity index (χ1v) is 14.2. The molecule has 0 aliphatic carbocycles. The van der Waals surface area contributed by atoms with Gasteiger partial charge in [-0.15, -0.1) is 0 Å². The number of benzene rings is 1. The van der Waals surface area contributed by atoms with Crippen molar-refractivity contribution in [1.82, 2.24) is 25.2 Å². The van der Waals surface area contributed by atoms with E-state index in [0.717, 1.165) is 37.1 Å². The van der Waals surface area contributed by atoms with Gasteiger partial charge in [0.25, 0.3) is 5.91 Å². The van der Waals surface area contributed by atoms with E-state index in [1.165, 1.54) is 6.39 Å². The summed E-state index contributed by atoms with van der Waals surface area (Å²) in [5.74, 6) is 1.91. The van der Waals surface area contributed by atoms with Crippen LogP contribution < -0.4 is 20.3 Å². The molecular formula is C28H36ClN7O5. The van der Waals surface area contributed by atoms with Crippen LogP contribution in [-0.2, 0) is 24.3 Å². The first-order chi connectivity index (χ1) is 19.9. The number of oxazole rings is 1. The molecule has 2 aliphatic rings. The van der Waals surface area contributed by atoms with Crippen molar-refractivity contribution in [3.63, 3.8) is 0 Å². The topological polar surface area (TPSA) is 138 Å². The van der Waals surface area contributed by atoms with Crippen LogP contribution in [0.5, 0.6) is 5.75 Å². The van der Waals surface area contributed by atoms with Crippen LogP contribution in [0.1, 0.15) is 40.7 Å². The van der Waals surface area contributed by atoms with Crippen LogP contribution in [0.4, 0.5) is 11.8 Å². The van der Waals surface area contributed by atoms with E-state index in [1.807, 2.05) is 24.1 Å². The number of β-amino-alcohol motifs (C(OH)–C–C–N with tert-alkyl or cyclic N) is 1. The van der Waals surface area contributed by atoms with Gasteiger partial charge in [-0.3, -0.25) is 9.69 Å². The number of nitrogens with one attached hydrogen (secondary N) is 2. The van der Waals surface area contributed by atoms with E-state index in [2.05, 4.69) is 37.4 Å². The molecule has 0 saturated carbocycles. The van der Waals surface area contributed by atoms with E-state index in [0.29, 0.717) is 54.6 Å². The number of ether oxygens (including phenoxy) is 2. The number of amides is 1. The first kappa shape index (κ1) is 29.1. The highest BCUT2D eigenvalue weighted by Gasteiger charge is 2.24. The lowest BCUT2D eigenvalue weighted by Crippen LogP contribution is -2.42. The van der Waals surface area contributed by atoms with Crippen LogP contribution in [0.2, 0.25) is 5.02 Å². The molecule has 1 amide bonds. The van der Waals surface area contributed by atoms with Crippen LogP contribution in [0.25, 0.3) is 0 Å². The molecule has 0 radical (unpaired) electrons. The summed E-state index contributed by atoms with van der Waals surface area (Å²) in [5.41, 5.74) is 2.38. The number of anilines is 2. The molecule has 4 heterocycles. The van der Waals surface area contributed by atoms with Crippen LogP contribution >= 0.6 is 11.6 Å². The van der Waals surface area contributed by atoms with Crippen molar-refractivity contribution in [3.8, 4) is 5.75 Å².